The molecule has 0 aromatic heterocycles. The molecule has 1 aromatic rings. The molecule has 0 aliphatic carbocycles. The summed E-state index contributed by atoms with van der Waals surface area (Å²) in [6, 6.07) is 5.06. The van der Waals surface area contributed by atoms with Crippen molar-refractivity contribution in [2.75, 3.05) is 13.7 Å². The molecule has 2 rings (SSSR count). The number of hydrogen-bond donors (Lipinski definition) is 0. The molecule has 3 nitrogen and oxygen atoms in total. The number of halogens is 3. The molecule has 0 N–H and O–H groups in total. The molecule has 1 aliphatic heterocycles. The van der Waals surface area contributed by atoms with Crippen LogP contribution in [0, 0.1) is 0 Å². The first-order chi connectivity index (χ1) is 11.1. The Hall–Kier alpha value is -0.585. The van der Waals surface area contributed by atoms with E-state index in [9.17, 15) is 0 Å². The van der Waals surface area contributed by atoms with Gasteiger partial charge in [-0.3, -0.25) is 0 Å². The molecule has 0 saturated carbocycles. The summed E-state index contributed by atoms with van der Waals surface area (Å²) in [4.78, 5) is 0. The summed E-state index contributed by atoms with van der Waals surface area (Å²) in [6.45, 7) is 7.81. The predicted molar refractivity (Wildman–Crippen MR) is 97.1 cm³/mol. The van der Waals surface area contributed by atoms with E-state index >= 15 is 4.39 Å². The van der Waals surface area contributed by atoms with Crippen molar-refractivity contribution in [3.63, 3.8) is 0 Å². The van der Waals surface area contributed by atoms with Gasteiger partial charge in [-0.25, -0.2) is 4.39 Å². The lowest BCUT2D eigenvalue weighted by atomic mass is 9.82. The van der Waals surface area contributed by atoms with Gasteiger partial charge in [0.1, 0.15) is 5.73 Å². The summed E-state index contributed by atoms with van der Waals surface area (Å²) in [5, 5.41) is 0.751. The van der Waals surface area contributed by atoms with Crippen molar-refractivity contribution in [2.45, 2.75) is 45.3 Å². The minimum absolute atomic E-state index is 0.301. The first-order valence-electron chi connectivity index (χ1n) is 7.78. The first-order valence-corrected chi connectivity index (χ1v) is 8.54. The van der Waals surface area contributed by atoms with Crippen LogP contribution >= 0.6 is 23.2 Å². The molecule has 7 heteroatoms. The Kier molecular flexibility index (Phi) is 6.04. The molecule has 132 valence electrons. The lowest BCUT2D eigenvalue weighted by molar-refractivity contribution is 0.00578. The van der Waals surface area contributed by atoms with Gasteiger partial charge in [0.25, 0.3) is 0 Å². The van der Waals surface area contributed by atoms with Crippen LogP contribution in [0.4, 0.5) is 4.39 Å². The van der Waals surface area contributed by atoms with Crippen molar-refractivity contribution in [1.82, 2.24) is 0 Å². The Bertz CT molecular complexity index is 610. The monoisotopic (exact) mass is 374 g/mol. The highest BCUT2D eigenvalue weighted by molar-refractivity contribution is 6.55. The standard InChI is InChI=1S/C17H22BCl2FO3/c1-16(2)17(3,4)24-18(23-16)15(21)11(9-10-22-5)14-12(19)7-6-8-13(14)20/h6-8H,9-10H2,1-5H3. The highest BCUT2D eigenvalue weighted by Gasteiger charge is 2.53. The zero-order valence-corrected chi connectivity index (χ0v) is 16.1. The lowest BCUT2D eigenvalue weighted by Gasteiger charge is -2.32. The van der Waals surface area contributed by atoms with E-state index in [1.807, 2.05) is 27.7 Å². The lowest BCUT2D eigenvalue weighted by Crippen LogP contribution is -2.41. The van der Waals surface area contributed by atoms with Crippen LogP contribution in [-0.2, 0) is 14.0 Å². The van der Waals surface area contributed by atoms with Crippen LogP contribution in [0.1, 0.15) is 39.7 Å². The average molecular weight is 375 g/mol. The third-order valence-corrected chi connectivity index (χ3v) is 5.20. The summed E-state index contributed by atoms with van der Waals surface area (Å²) >= 11 is 12.5. The summed E-state index contributed by atoms with van der Waals surface area (Å²) in [5.41, 5.74) is -1.01. The van der Waals surface area contributed by atoms with Crippen LogP contribution in [0.15, 0.2) is 23.9 Å². The fraction of sp³-hybridized carbons (Fsp3) is 0.529. The molecule has 1 saturated heterocycles. The zero-order chi connectivity index (χ0) is 18.1. The molecule has 0 bridgehead atoms. The molecule has 24 heavy (non-hydrogen) atoms. The third kappa shape index (κ3) is 3.81. The number of methoxy groups -OCH3 is 1. The van der Waals surface area contributed by atoms with Gasteiger partial charge < -0.3 is 14.0 Å². The highest BCUT2D eigenvalue weighted by atomic mass is 35.5. The number of ether oxygens (including phenoxy) is 1. The van der Waals surface area contributed by atoms with Gasteiger partial charge in [0.2, 0.25) is 0 Å². The number of benzene rings is 1. The smallest absolute Gasteiger partial charge is 0.398 e. The second-order valence-corrected chi connectivity index (χ2v) is 7.57. The minimum Gasteiger partial charge on any atom is -0.398 e. The van der Waals surface area contributed by atoms with E-state index in [2.05, 4.69) is 0 Å². The maximum atomic E-state index is 15.3. The second kappa shape index (κ2) is 7.34. The molecule has 1 aliphatic rings. The van der Waals surface area contributed by atoms with E-state index in [1.54, 1.807) is 25.3 Å². The first kappa shape index (κ1) is 19.7. The predicted octanol–water partition coefficient (Wildman–Crippen LogP) is 5.34. The van der Waals surface area contributed by atoms with Gasteiger partial charge in [0.15, 0.2) is 0 Å². The highest BCUT2D eigenvalue weighted by Crippen LogP contribution is 2.42. The molecule has 0 radical (unpaired) electrons. The molecule has 0 atom stereocenters. The molecule has 0 amide bonds. The Labute approximate surface area is 153 Å². The maximum absolute atomic E-state index is 15.3. The second-order valence-electron chi connectivity index (χ2n) is 6.75. The van der Waals surface area contributed by atoms with Crippen LogP contribution in [0.5, 0.6) is 0 Å². The van der Waals surface area contributed by atoms with E-state index in [1.165, 1.54) is 0 Å². The van der Waals surface area contributed by atoms with Crippen LogP contribution in [-0.4, -0.2) is 32.0 Å². The van der Waals surface area contributed by atoms with Crippen molar-refractivity contribution in [1.29, 1.82) is 0 Å². The third-order valence-electron chi connectivity index (χ3n) is 4.57. The van der Waals surface area contributed by atoms with E-state index in [4.69, 9.17) is 37.2 Å². The molecule has 1 heterocycles. The Morgan fingerprint density at radius 3 is 2.08 bits per heavy atom. The van der Waals surface area contributed by atoms with Gasteiger partial charge in [-0.05, 0) is 51.8 Å². The van der Waals surface area contributed by atoms with Crippen LogP contribution < -0.4 is 0 Å². The normalized spacial score (nSPS) is 20.2. The molecule has 1 fully saturated rings. The molecular formula is C17H22BCl2FO3. The molecule has 0 unspecified atom stereocenters. The van der Waals surface area contributed by atoms with Crippen LogP contribution in [0.25, 0.3) is 5.57 Å². The van der Waals surface area contributed by atoms with E-state index in [0.717, 1.165) is 0 Å². The number of hydrogen-bond acceptors (Lipinski definition) is 3. The van der Waals surface area contributed by atoms with Crippen LogP contribution in [0.2, 0.25) is 10.0 Å². The van der Waals surface area contributed by atoms with Crippen molar-refractivity contribution >= 4 is 35.9 Å². The van der Waals surface area contributed by atoms with Gasteiger partial charge >= 0.3 is 7.12 Å². The van der Waals surface area contributed by atoms with Gasteiger partial charge in [0, 0.05) is 22.7 Å². The quantitative estimate of drug-likeness (QED) is 0.651. The van der Waals surface area contributed by atoms with Crippen molar-refractivity contribution < 1.29 is 18.4 Å². The topological polar surface area (TPSA) is 27.7 Å². The molecule has 1 aromatic carbocycles. The summed E-state index contributed by atoms with van der Waals surface area (Å²) in [5.74, 6) is 0. The maximum Gasteiger partial charge on any atom is 0.525 e. The fourth-order valence-electron chi connectivity index (χ4n) is 2.44. The fourth-order valence-corrected chi connectivity index (χ4v) is 3.07. The summed E-state index contributed by atoms with van der Waals surface area (Å²) in [7, 11) is 0.451. The Morgan fingerprint density at radius 1 is 1.12 bits per heavy atom. The minimum atomic E-state index is -1.10. The van der Waals surface area contributed by atoms with Crippen LogP contribution in [0.3, 0.4) is 0 Å². The zero-order valence-electron chi connectivity index (χ0n) is 14.6. The van der Waals surface area contributed by atoms with Crippen molar-refractivity contribution in [3.8, 4) is 0 Å². The van der Waals surface area contributed by atoms with E-state index in [0.29, 0.717) is 34.2 Å². The van der Waals surface area contributed by atoms with Gasteiger partial charge in [-0.1, -0.05) is 29.3 Å². The average Bonchev–Trinajstić information content (AvgIpc) is 2.70. The van der Waals surface area contributed by atoms with E-state index in [-0.39, 0.29) is 0 Å². The van der Waals surface area contributed by atoms with Gasteiger partial charge in [0.05, 0.1) is 17.8 Å². The molecule has 0 spiro atoms. The SMILES string of the molecule is COCCC(=C(F)B1OC(C)(C)C(C)(C)O1)c1c(Cl)cccc1Cl. The van der Waals surface area contributed by atoms with Crippen molar-refractivity contribution in [2.24, 2.45) is 0 Å². The van der Waals surface area contributed by atoms with Gasteiger partial charge in [-0.15, -0.1) is 0 Å². The van der Waals surface area contributed by atoms with Crippen molar-refractivity contribution in [3.05, 3.63) is 39.5 Å². The van der Waals surface area contributed by atoms with Gasteiger partial charge in [-0.2, -0.15) is 0 Å². The summed E-state index contributed by atoms with van der Waals surface area (Å²) < 4.78 is 32.0. The Morgan fingerprint density at radius 2 is 1.62 bits per heavy atom. The number of rotatable bonds is 5. The largest absolute Gasteiger partial charge is 0.525 e. The summed E-state index contributed by atoms with van der Waals surface area (Å²) in [6.07, 6.45) is 0.301. The molecular weight excluding hydrogens is 353 g/mol. The Balaban J connectivity index is 2.49. The van der Waals surface area contributed by atoms with E-state index < -0.39 is 24.0 Å².